The number of likely N-dealkylation sites (tertiary alicyclic amines) is 1. The van der Waals surface area contributed by atoms with Crippen LogP contribution in [0.2, 0.25) is 5.02 Å². The van der Waals surface area contributed by atoms with Crippen LogP contribution >= 0.6 is 11.6 Å². The van der Waals surface area contributed by atoms with Crippen LogP contribution in [0, 0.1) is 5.82 Å². The first-order valence-corrected chi connectivity index (χ1v) is 9.50. The number of halogens is 2. The van der Waals surface area contributed by atoms with Gasteiger partial charge in [0.1, 0.15) is 5.82 Å². The summed E-state index contributed by atoms with van der Waals surface area (Å²) in [6, 6.07) is 7.13. The van der Waals surface area contributed by atoms with Gasteiger partial charge in [-0.2, -0.15) is 0 Å². The first-order chi connectivity index (χ1) is 13.8. The molecule has 2 aromatic rings. The quantitative estimate of drug-likeness (QED) is 0.802. The molecule has 1 saturated heterocycles. The maximum atomic E-state index is 13.6. The van der Waals surface area contributed by atoms with Crippen LogP contribution < -0.4 is 4.90 Å². The van der Waals surface area contributed by atoms with E-state index in [0.29, 0.717) is 24.5 Å². The number of anilines is 1. The highest BCUT2D eigenvalue weighted by atomic mass is 35.5. The summed E-state index contributed by atoms with van der Waals surface area (Å²) in [4.78, 5) is 33.7. The van der Waals surface area contributed by atoms with Gasteiger partial charge in [-0.15, -0.1) is 0 Å². The second kappa shape index (κ2) is 8.75. The Bertz CT molecular complexity index is 907. The Labute approximate surface area is 173 Å². The lowest BCUT2D eigenvalue weighted by atomic mass is 10.2. The molecule has 0 spiro atoms. The van der Waals surface area contributed by atoms with E-state index in [1.807, 2.05) is 14.1 Å². The van der Waals surface area contributed by atoms with Crippen LogP contribution in [0.25, 0.3) is 0 Å². The van der Waals surface area contributed by atoms with E-state index in [9.17, 15) is 14.0 Å². The molecule has 1 aliphatic rings. The lowest BCUT2D eigenvalue weighted by Gasteiger charge is -2.29. The van der Waals surface area contributed by atoms with E-state index < -0.39 is 11.8 Å². The molecule has 0 aliphatic carbocycles. The molecule has 1 aromatic carbocycles. The molecule has 0 radical (unpaired) electrons. The Morgan fingerprint density at radius 3 is 2.62 bits per heavy atom. The van der Waals surface area contributed by atoms with Gasteiger partial charge >= 0.3 is 12.0 Å². The molecule has 1 aliphatic heterocycles. The summed E-state index contributed by atoms with van der Waals surface area (Å²) < 4.78 is 13.6. The highest BCUT2D eigenvalue weighted by molar-refractivity contribution is 6.31. The minimum absolute atomic E-state index is 0.0600. The van der Waals surface area contributed by atoms with Gasteiger partial charge in [0.25, 0.3) is 0 Å². The standard InChI is InChI=1S/C20H22ClFN4O3/c1-24(2)16-7-8-25(12-16)20(29)26(15-5-6-18(22)17(21)9-15)11-14-4-3-13(10-23-14)19(27)28/h3-6,9-10,16H,7-8,11-12H2,1-2H3,(H,27,28). The molecule has 0 bridgehead atoms. The third-order valence-corrected chi connectivity index (χ3v) is 5.29. The summed E-state index contributed by atoms with van der Waals surface area (Å²) in [5, 5.41) is 8.95. The second-order valence-corrected chi connectivity index (χ2v) is 7.57. The van der Waals surface area contributed by atoms with Crippen LogP contribution in [0.4, 0.5) is 14.9 Å². The third-order valence-electron chi connectivity index (χ3n) is 5.00. The monoisotopic (exact) mass is 420 g/mol. The van der Waals surface area contributed by atoms with Crippen LogP contribution in [0.5, 0.6) is 0 Å². The maximum absolute atomic E-state index is 13.6. The predicted molar refractivity (Wildman–Crippen MR) is 108 cm³/mol. The van der Waals surface area contributed by atoms with E-state index in [2.05, 4.69) is 9.88 Å². The number of rotatable bonds is 5. The molecule has 1 unspecified atom stereocenters. The van der Waals surface area contributed by atoms with Gasteiger partial charge in [0.15, 0.2) is 0 Å². The van der Waals surface area contributed by atoms with E-state index in [4.69, 9.17) is 16.7 Å². The van der Waals surface area contributed by atoms with Crippen molar-refractivity contribution in [3.8, 4) is 0 Å². The molecule has 2 amide bonds. The Morgan fingerprint density at radius 1 is 1.31 bits per heavy atom. The fourth-order valence-corrected chi connectivity index (χ4v) is 3.41. The molecule has 1 atom stereocenters. The lowest BCUT2D eigenvalue weighted by Crippen LogP contribution is -2.43. The van der Waals surface area contributed by atoms with Crippen molar-refractivity contribution in [2.75, 3.05) is 32.1 Å². The number of pyridine rings is 1. The number of carboxylic acids is 1. The zero-order valence-electron chi connectivity index (χ0n) is 16.2. The van der Waals surface area contributed by atoms with Gasteiger partial charge in [-0.3, -0.25) is 9.88 Å². The van der Waals surface area contributed by atoms with Crippen molar-refractivity contribution < 1.29 is 19.1 Å². The van der Waals surface area contributed by atoms with Gasteiger partial charge in [0.05, 0.1) is 22.8 Å². The van der Waals surface area contributed by atoms with Gasteiger partial charge in [0, 0.05) is 31.0 Å². The number of nitrogens with zero attached hydrogens (tertiary/aromatic N) is 4. The third kappa shape index (κ3) is 4.83. The minimum Gasteiger partial charge on any atom is -0.478 e. The molecule has 1 N–H and O–H groups in total. The molecular weight excluding hydrogens is 399 g/mol. The average molecular weight is 421 g/mol. The number of hydrogen-bond donors (Lipinski definition) is 1. The number of aromatic nitrogens is 1. The minimum atomic E-state index is -1.07. The summed E-state index contributed by atoms with van der Waals surface area (Å²) in [5.41, 5.74) is 1.01. The zero-order valence-corrected chi connectivity index (χ0v) is 16.9. The Morgan fingerprint density at radius 2 is 2.07 bits per heavy atom. The molecular formula is C20H22ClFN4O3. The van der Waals surface area contributed by atoms with Crippen LogP contribution in [0.3, 0.4) is 0 Å². The first kappa shape index (κ1) is 21.0. The second-order valence-electron chi connectivity index (χ2n) is 7.16. The van der Waals surface area contributed by atoms with Crippen molar-refractivity contribution in [1.82, 2.24) is 14.8 Å². The summed E-state index contributed by atoms with van der Waals surface area (Å²) in [6.45, 7) is 1.30. The molecule has 154 valence electrons. The highest BCUT2D eigenvalue weighted by Gasteiger charge is 2.31. The van der Waals surface area contributed by atoms with Crippen molar-refractivity contribution in [3.05, 3.63) is 58.6 Å². The topological polar surface area (TPSA) is 77.0 Å². The Balaban J connectivity index is 1.88. The molecule has 7 nitrogen and oxygen atoms in total. The number of carbonyl (C=O) groups is 2. The van der Waals surface area contributed by atoms with Crippen LogP contribution in [-0.2, 0) is 6.54 Å². The molecule has 2 heterocycles. The van der Waals surface area contributed by atoms with Crippen molar-refractivity contribution in [3.63, 3.8) is 0 Å². The normalized spacial score (nSPS) is 16.3. The van der Waals surface area contributed by atoms with Gasteiger partial charge in [-0.05, 0) is 50.8 Å². The maximum Gasteiger partial charge on any atom is 0.337 e. The van der Waals surface area contributed by atoms with Crippen LogP contribution in [-0.4, -0.2) is 65.1 Å². The van der Waals surface area contributed by atoms with Gasteiger partial charge in [0.2, 0.25) is 0 Å². The zero-order chi connectivity index (χ0) is 21.1. The smallest absolute Gasteiger partial charge is 0.337 e. The van der Waals surface area contributed by atoms with Gasteiger partial charge in [-0.1, -0.05) is 11.6 Å². The van der Waals surface area contributed by atoms with Crippen molar-refractivity contribution >= 4 is 29.3 Å². The SMILES string of the molecule is CN(C)C1CCN(C(=O)N(Cc2ccc(C(=O)O)cn2)c2ccc(F)c(Cl)c2)C1. The van der Waals surface area contributed by atoms with E-state index >= 15 is 0 Å². The fraction of sp³-hybridized carbons (Fsp3) is 0.350. The Hall–Kier alpha value is -2.71. The number of benzene rings is 1. The molecule has 3 rings (SSSR count). The molecule has 0 saturated carbocycles. The van der Waals surface area contributed by atoms with Crippen molar-refractivity contribution in [2.24, 2.45) is 0 Å². The Kier molecular flexibility index (Phi) is 6.34. The van der Waals surface area contributed by atoms with Gasteiger partial charge < -0.3 is 14.9 Å². The van der Waals surface area contributed by atoms with Crippen molar-refractivity contribution in [1.29, 1.82) is 0 Å². The summed E-state index contributed by atoms with van der Waals surface area (Å²) >= 11 is 5.93. The number of aromatic carboxylic acids is 1. The lowest BCUT2D eigenvalue weighted by molar-refractivity contribution is 0.0696. The predicted octanol–water partition coefficient (Wildman–Crippen LogP) is 3.33. The number of carboxylic acid groups (broad SMARTS) is 1. The average Bonchev–Trinajstić information content (AvgIpc) is 3.19. The van der Waals surface area contributed by atoms with E-state index in [0.717, 1.165) is 6.42 Å². The van der Waals surface area contributed by atoms with E-state index in [1.54, 1.807) is 11.0 Å². The number of hydrogen-bond acceptors (Lipinski definition) is 4. The molecule has 9 heteroatoms. The highest BCUT2D eigenvalue weighted by Crippen LogP contribution is 2.26. The number of likely N-dealkylation sites (N-methyl/N-ethyl adjacent to an activating group) is 1. The number of amides is 2. The number of urea groups is 1. The fourth-order valence-electron chi connectivity index (χ4n) is 3.24. The summed E-state index contributed by atoms with van der Waals surface area (Å²) in [7, 11) is 3.95. The largest absolute Gasteiger partial charge is 0.478 e. The first-order valence-electron chi connectivity index (χ1n) is 9.12. The van der Waals surface area contributed by atoms with Crippen LogP contribution in [0.1, 0.15) is 22.5 Å². The van der Waals surface area contributed by atoms with E-state index in [-0.39, 0.29) is 29.2 Å². The number of carbonyl (C=O) groups excluding carboxylic acids is 1. The molecule has 1 fully saturated rings. The summed E-state index contributed by atoms with van der Waals surface area (Å²) in [5.74, 6) is -1.64. The van der Waals surface area contributed by atoms with E-state index in [1.165, 1.54) is 35.4 Å². The van der Waals surface area contributed by atoms with Gasteiger partial charge in [-0.25, -0.2) is 14.0 Å². The molecule has 29 heavy (non-hydrogen) atoms. The molecule has 1 aromatic heterocycles. The summed E-state index contributed by atoms with van der Waals surface area (Å²) in [6.07, 6.45) is 2.11. The van der Waals surface area contributed by atoms with Crippen molar-refractivity contribution in [2.45, 2.75) is 19.0 Å². The van der Waals surface area contributed by atoms with Crippen LogP contribution in [0.15, 0.2) is 36.5 Å².